The molecule has 2 aromatic heterocycles. The average Bonchev–Trinajstić information content (AvgIpc) is 3.43. The zero-order valence-corrected chi connectivity index (χ0v) is 15.7. The Hall–Kier alpha value is -3.95. The summed E-state index contributed by atoms with van der Waals surface area (Å²) >= 11 is 0. The van der Waals surface area contributed by atoms with Gasteiger partial charge in [-0.3, -0.25) is 14.4 Å². The maximum atomic E-state index is 12.2. The molecule has 3 N–H and O–H groups in total. The van der Waals surface area contributed by atoms with E-state index in [2.05, 4.69) is 26.0 Å². The Bertz CT molecular complexity index is 951. The van der Waals surface area contributed by atoms with Crippen LogP contribution in [0.3, 0.4) is 0 Å². The lowest BCUT2D eigenvalue weighted by molar-refractivity contribution is -0.119. The first-order chi connectivity index (χ1) is 14.0. The fraction of sp³-hybridized carbons (Fsp3) is 0.211. The molecule has 1 aromatic carbocycles. The lowest BCUT2D eigenvalue weighted by atomic mass is 10.2. The molecule has 0 spiro atoms. The predicted molar refractivity (Wildman–Crippen MR) is 104 cm³/mol. The summed E-state index contributed by atoms with van der Waals surface area (Å²) in [4.78, 5) is 39.7. The first-order valence-corrected chi connectivity index (χ1v) is 8.89. The highest BCUT2D eigenvalue weighted by Crippen LogP contribution is 2.15. The molecule has 0 aliphatic carbocycles. The highest BCUT2D eigenvalue weighted by molar-refractivity contribution is 5.95. The first-order valence-electron chi connectivity index (χ1n) is 8.89. The van der Waals surface area contributed by atoms with Crippen LogP contribution in [0.2, 0.25) is 0 Å². The Morgan fingerprint density at radius 1 is 1.10 bits per heavy atom. The van der Waals surface area contributed by atoms with Gasteiger partial charge in [-0.15, -0.1) is 0 Å². The third kappa shape index (κ3) is 5.51. The molecular weight excluding hydrogens is 376 g/mol. The standard InChI is InChI=1S/C19H20N6O4/c1-13(25-12-20-11-22-25)18(27)24-15-6-4-14(5-7-15)23-17(26)8-9-21-19(28)16-3-2-10-29-16/h2-7,10-13H,8-9H2,1H3,(H,21,28)(H,23,26)(H,24,27). The SMILES string of the molecule is CC(C(=O)Nc1ccc(NC(=O)CCNC(=O)c2ccco2)cc1)n1cncn1. The van der Waals surface area contributed by atoms with Crippen LogP contribution in [0.1, 0.15) is 29.9 Å². The zero-order valence-electron chi connectivity index (χ0n) is 15.7. The summed E-state index contributed by atoms with van der Waals surface area (Å²) in [5, 5.41) is 12.0. The molecule has 1 atom stereocenters. The van der Waals surface area contributed by atoms with Crippen molar-refractivity contribution in [3.05, 3.63) is 61.1 Å². The molecule has 2 heterocycles. The molecule has 10 nitrogen and oxygen atoms in total. The summed E-state index contributed by atoms with van der Waals surface area (Å²) < 4.78 is 6.43. The molecule has 0 radical (unpaired) electrons. The second-order valence-corrected chi connectivity index (χ2v) is 6.15. The zero-order chi connectivity index (χ0) is 20.6. The van der Waals surface area contributed by atoms with Crippen molar-refractivity contribution in [2.24, 2.45) is 0 Å². The van der Waals surface area contributed by atoms with Crippen molar-refractivity contribution in [2.75, 3.05) is 17.2 Å². The Labute approximate surface area is 166 Å². The van der Waals surface area contributed by atoms with E-state index in [4.69, 9.17) is 4.42 Å². The van der Waals surface area contributed by atoms with Gasteiger partial charge in [0.25, 0.3) is 5.91 Å². The van der Waals surface area contributed by atoms with Crippen LogP contribution in [0.25, 0.3) is 0 Å². The lowest BCUT2D eigenvalue weighted by Gasteiger charge is -2.12. The maximum Gasteiger partial charge on any atom is 0.286 e. The van der Waals surface area contributed by atoms with Gasteiger partial charge in [-0.2, -0.15) is 5.10 Å². The number of rotatable bonds is 8. The van der Waals surface area contributed by atoms with E-state index >= 15 is 0 Å². The number of hydrogen-bond donors (Lipinski definition) is 3. The topological polar surface area (TPSA) is 131 Å². The van der Waals surface area contributed by atoms with Crippen molar-refractivity contribution >= 4 is 29.1 Å². The fourth-order valence-electron chi connectivity index (χ4n) is 2.43. The van der Waals surface area contributed by atoms with E-state index in [1.807, 2.05) is 0 Å². The lowest BCUT2D eigenvalue weighted by Crippen LogP contribution is -2.27. The van der Waals surface area contributed by atoms with Gasteiger partial charge < -0.3 is 20.4 Å². The van der Waals surface area contributed by atoms with Crippen molar-refractivity contribution in [3.8, 4) is 0 Å². The molecule has 0 aliphatic heterocycles. The van der Waals surface area contributed by atoms with Crippen LogP contribution in [0.5, 0.6) is 0 Å². The number of furan rings is 1. The van der Waals surface area contributed by atoms with Crippen LogP contribution in [0, 0.1) is 0 Å². The molecule has 0 aliphatic rings. The number of hydrogen-bond acceptors (Lipinski definition) is 6. The third-order valence-corrected chi connectivity index (χ3v) is 4.03. The van der Waals surface area contributed by atoms with Crippen LogP contribution in [0.4, 0.5) is 11.4 Å². The van der Waals surface area contributed by atoms with E-state index in [1.165, 1.54) is 23.6 Å². The highest BCUT2D eigenvalue weighted by atomic mass is 16.3. The van der Waals surface area contributed by atoms with Crippen molar-refractivity contribution < 1.29 is 18.8 Å². The van der Waals surface area contributed by atoms with Gasteiger partial charge in [0.15, 0.2) is 5.76 Å². The molecule has 0 fully saturated rings. The Kier molecular flexibility index (Phi) is 6.36. The number of nitrogens with zero attached hydrogens (tertiary/aromatic N) is 3. The van der Waals surface area contributed by atoms with Crippen molar-refractivity contribution in [2.45, 2.75) is 19.4 Å². The van der Waals surface area contributed by atoms with Gasteiger partial charge >= 0.3 is 0 Å². The van der Waals surface area contributed by atoms with E-state index in [0.717, 1.165) is 0 Å². The molecular formula is C19H20N6O4. The van der Waals surface area contributed by atoms with Crippen molar-refractivity contribution in [1.82, 2.24) is 20.1 Å². The number of aromatic nitrogens is 3. The van der Waals surface area contributed by atoms with Crippen molar-refractivity contribution in [1.29, 1.82) is 0 Å². The summed E-state index contributed by atoms with van der Waals surface area (Å²) in [6.07, 6.45) is 4.35. The maximum absolute atomic E-state index is 12.2. The minimum atomic E-state index is -0.506. The second kappa shape index (κ2) is 9.31. The monoisotopic (exact) mass is 396 g/mol. The summed E-state index contributed by atoms with van der Waals surface area (Å²) in [6.45, 7) is 1.89. The summed E-state index contributed by atoms with van der Waals surface area (Å²) in [7, 11) is 0. The minimum absolute atomic E-state index is 0.111. The Balaban J connectivity index is 1.43. The van der Waals surface area contributed by atoms with Crippen LogP contribution in [-0.4, -0.2) is 39.0 Å². The van der Waals surface area contributed by atoms with Crippen LogP contribution in [0.15, 0.2) is 59.7 Å². The molecule has 150 valence electrons. The first kappa shape index (κ1) is 19.8. The van der Waals surface area contributed by atoms with Crippen molar-refractivity contribution in [3.63, 3.8) is 0 Å². The number of nitrogens with one attached hydrogen (secondary N) is 3. The average molecular weight is 396 g/mol. The van der Waals surface area contributed by atoms with Gasteiger partial charge in [0.05, 0.1) is 6.26 Å². The number of benzene rings is 1. The number of carbonyl (C=O) groups excluding carboxylic acids is 3. The van der Waals surface area contributed by atoms with Crippen LogP contribution < -0.4 is 16.0 Å². The highest BCUT2D eigenvalue weighted by Gasteiger charge is 2.15. The summed E-state index contributed by atoms with van der Waals surface area (Å²) in [6, 6.07) is 9.36. The van der Waals surface area contributed by atoms with Crippen LogP contribution >= 0.6 is 0 Å². The molecule has 3 aromatic rings. The summed E-state index contributed by atoms with van der Waals surface area (Å²) in [5.74, 6) is -0.662. The molecule has 0 bridgehead atoms. The number of amides is 3. The minimum Gasteiger partial charge on any atom is -0.459 e. The molecule has 29 heavy (non-hydrogen) atoms. The van der Waals surface area contributed by atoms with Gasteiger partial charge in [0.1, 0.15) is 18.7 Å². The smallest absolute Gasteiger partial charge is 0.286 e. The van der Waals surface area contributed by atoms with E-state index in [-0.39, 0.29) is 36.4 Å². The third-order valence-electron chi connectivity index (χ3n) is 4.03. The predicted octanol–water partition coefficient (Wildman–Crippen LogP) is 1.83. The Morgan fingerprint density at radius 3 is 2.45 bits per heavy atom. The largest absolute Gasteiger partial charge is 0.459 e. The van der Waals surface area contributed by atoms with Gasteiger partial charge in [-0.1, -0.05) is 0 Å². The second-order valence-electron chi connectivity index (χ2n) is 6.15. The Morgan fingerprint density at radius 2 is 1.83 bits per heavy atom. The number of anilines is 2. The van der Waals surface area contributed by atoms with Crippen LogP contribution in [-0.2, 0) is 9.59 Å². The molecule has 1 unspecified atom stereocenters. The molecule has 10 heteroatoms. The molecule has 0 saturated carbocycles. The van der Waals surface area contributed by atoms with Gasteiger partial charge in [-0.05, 0) is 43.3 Å². The quantitative estimate of drug-likeness (QED) is 0.532. The fourth-order valence-corrected chi connectivity index (χ4v) is 2.43. The molecule has 3 rings (SSSR count). The van der Waals surface area contributed by atoms with Gasteiger partial charge in [0, 0.05) is 24.3 Å². The van der Waals surface area contributed by atoms with E-state index in [1.54, 1.807) is 43.3 Å². The molecule has 0 saturated heterocycles. The van der Waals surface area contributed by atoms with Gasteiger partial charge in [-0.25, -0.2) is 9.67 Å². The number of carbonyl (C=O) groups is 3. The molecule has 3 amide bonds. The van der Waals surface area contributed by atoms with Gasteiger partial charge in [0.2, 0.25) is 11.8 Å². The van der Waals surface area contributed by atoms with E-state index in [0.29, 0.717) is 11.4 Å². The normalized spacial score (nSPS) is 11.5. The van der Waals surface area contributed by atoms with E-state index in [9.17, 15) is 14.4 Å². The van der Waals surface area contributed by atoms with E-state index < -0.39 is 6.04 Å². The summed E-state index contributed by atoms with van der Waals surface area (Å²) in [5.41, 5.74) is 1.17.